The third-order valence-electron chi connectivity index (χ3n) is 5.67. The zero-order valence-corrected chi connectivity index (χ0v) is 21.4. The zero-order valence-electron chi connectivity index (χ0n) is 21.4. The summed E-state index contributed by atoms with van der Waals surface area (Å²) in [6.45, 7) is 12.5. The second-order valence-corrected chi connectivity index (χ2v) is 9.74. The van der Waals surface area contributed by atoms with E-state index in [-0.39, 0.29) is 5.41 Å². The summed E-state index contributed by atoms with van der Waals surface area (Å²) in [7, 11) is 0. The van der Waals surface area contributed by atoms with E-state index in [4.69, 9.17) is 14.7 Å². The van der Waals surface area contributed by atoms with Crippen LogP contribution in [0.4, 0.5) is 0 Å². The molecule has 3 rings (SSSR count). The number of aromatic nitrogens is 2. The summed E-state index contributed by atoms with van der Waals surface area (Å²) < 4.78 is 7.53. The van der Waals surface area contributed by atoms with E-state index in [0.29, 0.717) is 25.2 Å². The van der Waals surface area contributed by atoms with E-state index in [2.05, 4.69) is 63.2 Å². The van der Waals surface area contributed by atoms with Crippen LogP contribution in [0.1, 0.15) is 62.2 Å². The fraction of sp³-hybridized carbons (Fsp3) is 0.393. The van der Waals surface area contributed by atoms with Gasteiger partial charge in [-0.3, -0.25) is 0 Å². The Kier molecular flexibility index (Phi) is 8.33. The van der Waals surface area contributed by atoms with Gasteiger partial charge in [0.2, 0.25) is 0 Å². The number of carboxylic acids is 1. The number of carboxylic acid groups (broad SMARTS) is 1. The Hall–Kier alpha value is -3.61. The number of rotatable bonds is 10. The molecule has 0 saturated heterocycles. The maximum Gasteiger partial charge on any atom is 0.344 e. The molecule has 7 nitrogen and oxygen atoms in total. The first-order valence-electron chi connectivity index (χ1n) is 11.9. The number of hydrogen-bond acceptors (Lipinski definition) is 5. The van der Waals surface area contributed by atoms with Crippen LogP contribution in [0.5, 0.6) is 5.75 Å². The number of nitrogens with zero attached hydrogens (tertiary/aromatic N) is 3. The van der Waals surface area contributed by atoms with Crippen molar-refractivity contribution in [1.82, 2.24) is 9.78 Å². The molecular formula is C28H35N3O4. The molecule has 0 spiro atoms. The average molecular weight is 478 g/mol. The Labute approximate surface area is 207 Å². The second kappa shape index (κ2) is 11.2. The van der Waals surface area contributed by atoms with Gasteiger partial charge in [-0.25, -0.2) is 9.48 Å². The van der Waals surface area contributed by atoms with Gasteiger partial charge in [0.25, 0.3) is 0 Å². The SMILES string of the molecule is CCC(Oc1ccc(CC=NOCc2cc(C(C)(C)C)nn2-c2ccc(C)cc2)cc1C)C(=O)O. The van der Waals surface area contributed by atoms with E-state index in [0.717, 1.165) is 28.2 Å². The van der Waals surface area contributed by atoms with Gasteiger partial charge < -0.3 is 14.7 Å². The van der Waals surface area contributed by atoms with Crippen LogP contribution in [-0.2, 0) is 28.1 Å². The zero-order chi connectivity index (χ0) is 25.6. The van der Waals surface area contributed by atoms with Gasteiger partial charge in [0.15, 0.2) is 12.7 Å². The highest BCUT2D eigenvalue weighted by Gasteiger charge is 2.21. The van der Waals surface area contributed by atoms with E-state index >= 15 is 0 Å². The van der Waals surface area contributed by atoms with Crippen LogP contribution >= 0.6 is 0 Å². The summed E-state index contributed by atoms with van der Waals surface area (Å²) >= 11 is 0. The fourth-order valence-corrected chi connectivity index (χ4v) is 3.53. The topological polar surface area (TPSA) is 85.9 Å². The van der Waals surface area contributed by atoms with E-state index in [1.165, 1.54) is 5.56 Å². The molecule has 1 heterocycles. The minimum absolute atomic E-state index is 0.0800. The largest absolute Gasteiger partial charge is 0.479 e. The number of aliphatic carboxylic acids is 1. The van der Waals surface area contributed by atoms with Crippen molar-refractivity contribution in [3.63, 3.8) is 0 Å². The Balaban J connectivity index is 1.64. The van der Waals surface area contributed by atoms with Crippen molar-refractivity contribution in [3.8, 4) is 11.4 Å². The molecule has 0 saturated carbocycles. The molecule has 0 fully saturated rings. The number of benzene rings is 2. The number of carbonyl (C=O) groups is 1. The molecule has 0 aliphatic heterocycles. The van der Waals surface area contributed by atoms with Crippen LogP contribution in [0, 0.1) is 13.8 Å². The van der Waals surface area contributed by atoms with Crippen LogP contribution in [-0.4, -0.2) is 33.2 Å². The lowest BCUT2D eigenvalue weighted by Gasteiger charge is -2.15. The van der Waals surface area contributed by atoms with Gasteiger partial charge in [0, 0.05) is 18.1 Å². The summed E-state index contributed by atoms with van der Waals surface area (Å²) in [6.07, 6.45) is 1.86. The highest BCUT2D eigenvalue weighted by molar-refractivity contribution is 5.72. The van der Waals surface area contributed by atoms with Crippen molar-refractivity contribution in [1.29, 1.82) is 0 Å². The van der Waals surface area contributed by atoms with Crippen molar-refractivity contribution in [2.45, 2.75) is 72.5 Å². The lowest BCUT2D eigenvalue weighted by atomic mass is 9.92. The van der Waals surface area contributed by atoms with Crippen LogP contribution in [0.2, 0.25) is 0 Å². The highest BCUT2D eigenvalue weighted by Crippen LogP contribution is 2.25. The Morgan fingerprint density at radius 1 is 1.14 bits per heavy atom. The Bertz CT molecular complexity index is 1170. The maximum atomic E-state index is 11.2. The average Bonchev–Trinajstić information content (AvgIpc) is 3.23. The third kappa shape index (κ3) is 6.94. The first kappa shape index (κ1) is 26.0. The Morgan fingerprint density at radius 3 is 2.46 bits per heavy atom. The van der Waals surface area contributed by atoms with Crippen molar-refractivity contribution in [3.05, 3.63) is 76.6 Å². The molecule has 1 aromatic heterocycles. The normalized spacial score (nSPS) is 12.6. The predicted octanol–water partition coefficient (Wildman–Crippen LogP) is 5.77. The molecule has 35 heavy (non-hydrogen) atoms. The molecule has 0 radical (unpaired) electrons. The first-order valence-corrected chi connectivity index (χ1v) is 11.9. The molecule has 3 aromatic rings. The number of ether oxygens (including phenoxy) is 1. The lowest BCUT2D eigenvalue weighted by Crippen LogP contribution is -2.26. The molecular weight excluding hydrogens is 442 g/mol. The number of aryl methyl sites for hydroxylation is 2. The number of oxime groups is 1. The monoisotopic (exact) mass is 477 g/mol. The van der Waals surface area contributed by atoms with Crippen LogP contribution < -0.4 is 4.74 Å². The van der Waals surface area contributed by atoms with Gasteiger partial charge >= 0.3 is 5.97 Å². The van der Waals surface area contributed by atoms with E-state index in [9.17, 15) is 9.90 Å². The van der Waals surface area contributed by atoms with Crippen LogP contribution in [0.15, 0.2) is 53.7 Å². The molecule has 2 aromatic carbocycles. The third-order valence-corrected chi connectivity index (χ3v) is 5.67. The van der Waals surface area contributed by atoms with Crippen LogP contribution in [0.25, 0.3) is 5.69 Å². The molecule has 1 atom stereocenters. The molecule has 0 bridgehead atoms. The summed E-state index contributed by atoms with van der Waals surface area (Å²) in [4.78, 5) is 16.8. The molecule has 0 aliphatic carbocycles. The Morgan fingerprint density at radius 2 is 1.86 bits per heavy atom. The van der Waals surface area contributed by atoms with E-state index < -0.39 is 12.1 Å². The first-order chi connectivity index (χ1) is 16.6. The van der Waals surface area contributed by atoms with Gasteiger partial charge in [-0.2, -0.15) is 5.10 Å². The van der Waals surface area contributed by atoms with Gasteiger partial charge in [-0.15, -0.1) is 0 Å². The van der Waals surface area contributed by atoms with Crippen molar-refractivity contribution < 1.29 is 19.5 Å². The van der Waals surface area contributed by atoms with E-state index in [1.54, 1.807) is 19.2 Å². The predicted molar refractivity (Wildman–Crippen MR) is 138 cm³/mol. The quantitative estimate of drug-likeness (QED) is 0.296. The summed E-state index contributed by atoms with van der Waals surface area (Å²) in [5.74, 6) is -0.381. The summed E-state index contributed by atoms with van der Waals surface area (Å²) in [5.41, 5.74) is 5.94. The van der Waals surface area contributed by atoms with Gasteiger partial charge in [-0.1, -0.05) is 62.7 Å². The van der Waals surface area contributed by atoms with Gasteiger partial charge in [0.1, 0.15) is 5.75 Å². The van der Waals surface area contributed by atoms with Crippen molar-refractivity contribution in [2.24, 2.45) is 5.16 Å². The minimum atomic E-state index is -0.960. The highest BCUT2D eigenvalue weighted by atomic mass is 16.6. The molecule has 1 N–H and O–H groups in total. The van der Waals surface area contributed by atoms with Crippen molar-refractivity contribution >= 4 is 12.2 Å². The molecule has 1 unspecified atom stereocenters. The smallest absolute Gasteiger partial charge is 0.344 e. The molecule has 7 heteroatoms. The second-order valence-electron chi connectivity index (χ2n) is 9.74. The number of hydrogen-bond donors (Lipinski definition) is 1. The standard InChI is InChI=1S/C28H35N3O4/c1-7-24(27(32)33)35-25-13-10-21(16-20(25)3)14-15-29-34-18-23-17-26(28(4,5)6)30-31(23)22-11-8-19(2)9-12-22/h8-13,15-17,24H,7,14,18H2,1-6H3,(H,32,33). The van der Waals surface area contributed by atoms with Gasteiger partial charge in [0.05, 0.1) is 17.1 Å². The molecule has 0 amide bonds. The van der Waals surface area contributed by atoms with Gasteiger partial charge in [-0.05, 0) is 55.7 Å². The lowest BCUT2D eigenvalue weighted by molar-refractivity contribution is -0.145. The summed E-state index contributed by atoms with van der Waals surface area (Å²) in [6, 6.07) is 16.0. The van der Waals surface area contributed by atoms with Crippen LogP contribution in [0.3, 0.4) is 0 Å². The van der Waals surface area contributed by atoms with E-state index in [1.807, 2.05) is 23.7 Å². The fourth-order valence-electron chi connectivity index (χ4n) is 3.53. The van der Waals surface area contributed by atoms with Crippen molar-refractivity contribution in [2.75, 3.05) is 0 Å². The summed E-state index contributed by atoms with van der Waals surface area (Å²) in [5, 5.41) is 18.2. The minimum Gasteiger partial charge on any atom is -0.479 e. The molecule has 0 aliphatic rings. The molecule has 186 valence electrons. The maximum absolute atomic E-state index is 11.2.